The summed E-state index contributed by atoms with van der Waals surface area (Å²) in [5.74, 6) is -9.75. The van der Waals surface area contributed by atoms with Crippen LogP contribution in [0.2, 0.25) is 0 Å². The van der Waals surface area contributed by atoms with E-state index in [1.807, 2.05) is 0 Å². The molecule has 0 aliphatic heterocycles. The zero-order chi connectivity index (χ0) is 14.0. The highest BCUT2D eigenvalue weighted by molar-refractivity contribution is 5.70. The Bertz CT molecular complexity index is 603. The highest BCUT2D eigenvalue weighted by Gasteiger charge is 2.23. The quantitative estimate of drug-likeness (QED) is 0.325. The van der Waals surface area contributed by atoms with Crippen LogP contribution >= 0.6 is 0 Å². The van der Waals surface area contributed by atoms with Crippen molar-refractivity contribution < 1.29 is 22.0 Å². The fraction of sp³-hybridized carbons (Fsp3) is 0. The van der Waals surface area contributed by atoms with Crippen molar-refractivity contribution in [3.05, 3.63) is 70.5 Å². The molecular formula is C14H7F5. The summed E-state index contributed by atoms with van der Waals surface area (Å²) < 4.78 is 65.3. The zero-order valence-electron chi connectivity index (χ0n) is 9.43. The molecule has 0 nitrogen and oxygen atoms in total. The summed E-state index contributed by atoms with van der Waals surface area (Å²) in [7, 11) is 0. The molecule has 0 fully saturated rings. The van der Waals surface area contributed by atoms with Crippen LogP contribution in [0.5, 0.6) is 0 Å². The molecule has 0 heterocycles. The molecule has 19 heavy (non-hydrogen) atoms. The summed E-state index contributed by atoms with van der Waals surface area (Å²) in [4.78, 5) is 0. The van der Waals surface area contributed by atoms with Gasteiger partial charge in [-0.25, -0.2) is 22.0 Å². The third kappa shape index (κ3) is 2.50. The molecule has 0 bridgehead atoms. The first-order valence-corrected chi connectivity index (χ1v) is 5.27. The van der Waals surface area contributed by atoms with E-state index in [4.69, 9.17) is 0 Å². The first-order valence-electron chi connectivity index (χ1n) is 5.27. The number of halogens is 5. The van der Waals surface area contributed by atoms with E-state index in [-0.39, 0.29) is 0 Å². The van der Waals surface area contributed by atoms with Gasteiger partial charge in [0, 0.05) is 0 Å². The first kappa shape index (κ1) is 13.3. The Hall–Kier alpha value is -2.17. The Labute approximate surface area is 105 Å². The van der Waals surface area contributed by atoms with Crippen LogP contribution in [-0.2, 0) is 0 Å². The maximum absolute atomic E-state index is 13.3. The smallest absolute Gasteiger partial charge is 0.200 e. The van der Waals surface area contributed by atoms with Gasteiger partial charge in [-0.05, 0) is 11.6 Å². The normalized spacial score (nSPS) is 11.2. The minimum Gasteiger partial charge on any atom is -0.203 e. The molecule has 0 aliphatic rings. The Kier molecular flexibility index (Phi) is 3.64. The molecule has 0 N–H and O–H groups in total. The van der Waals surface area contributed by atoms with Gasteiger partial charge in [0.05, 0.1) is 5.56 Å². The number of hydrogen-bond acceptors (Lipinski definition) is 0. The van der Waals surface area contributed by atoms with Crippen molar-refractivity contribution in [1.82, 2.24) is 0 Å². The van der Waals surface area contributed by atoms with Crippen LogP contribution in [0, 0.1) is 29.1 Å². The second-order valence-corrected chi connectivity index (χ2v) is 3.73. The van der Waals surface area contributed by atoms with Crippen LogP contribution in [-0.4, -0.2) is 0 Å². The van der Waals surface area contributed by atoms with E-state index in [1.165, 1.54) is 6.08 Å². The number of rotatable bonds is 2. The van der Waals surface area contributed by atoms with E-state index >= 15 is 0 Å². The first-order chi connectivity index (χ1) is 9.02. The van der Waals surface area contributed by atoms with E-state index < -0.39 is 34.6 Å². The van der Waals surface area contributed by atoms with Gasteiger partial charge in [-0.15, -0.1) is 0 Å². The van der Waals surface area contributed by atoms with Crippen LogP contribution in [0.1, 0.15) is 11.1 Å². The van der Waals surface area contributed by atoms with E-state index in [1.54, 1.807) is 30.3 Å². The molecule has 0 amide bonds. The van der Waals surface area contributed by atoms with Crippen molar-refractivity contribution in [3.63, 3.8) is 0 Å². The van der Waals surface area contributed by atoms with Gasteiger partial charge in [0.25, 0.3) is 0 Å². The van der Waals surface area contributed by atoms with Gasteiger partial charge in [-0.2, -0.15) is 0 Å². The van der Waals surface area contributed by atoms with Crippen molar-refractivity contribution in [2.45, 2.75) is 0 Å². The fourth-order valence-electron chi connectivity index (χ4n) is 1.51. The largest absolute Gasteiger partial charge is 0.203 e. The molecule has 0 atom stereocenters. The lowest BCUT2D eigenvalue weighted by Crippen LogP contribution is -2.03. The topological polar surface area (TPSA) is 0 Å². The standard InChI is InChI=1S/C14H7F5/c15-10-9(7-6-8-4-2-1-3-5-8)11(16)13(18)14(19)12(10)17/h1-7H/b7-6-. The van der Waals surface area contributed by atoms with Gasteiger partial charge < -0.3 is 0 Å². The summed E-state index contributed by atoms with van der Waals surface area (Å²) in [6, 6.07) is 8.34. The van der Waals surface area contributed by atoms with Crippen LogP contribution in [0.25, 0.3) is 12.2 Å². The third-order valence-corrected chi connectivity index (χ3v) is 2.49. The Morgan fingerprint density at radius 3 is 1.58 bits per heavy atom. The molecule has 0 radical (unpaired) electrons. The summed E-state index contributed by atoms with van der Waals surface area (Å²) in [5, 5.41) is 0. The molecular weight excluding hydrogens is 263 g/mol. The molecule has 2 aromatic rings. The highest BCUT2D eigenvalue weighted by atomic mass is 19.2. The Balaban J connectivity index is 2.50. The molecule has 0 unspecified atom stereocenters. The SMILES string of the molecule is Fc1c(F)c(F)c(/C=C\c2ccccc2)c(F)c1F. The summed E-state index contributed by atoms with van der Waals surface area (Å²) in [6.45, 7) is 0. The van der Waals surface area contributed by atoms with Crippen LogP contribution < -0.4 is 0 Å². The lowest BCUT2D eigenvalue weighted by Gasteiger charge is -2.04. The lowest BCUT2D eigenvalue weighted by molar-refractivity contribution is 0.377. The van der Waals surface area contributed by atoms with Crippen molar-refractivity contribution in [3.8, 4) is 0 Å². The summed E-state index contributed by atoms with van der Waals surface area (Å²) >= 11 is 0. The third-order valence-electron chi connectivity index (χ3n) is 2.49. The maximum atomic E-state index is 13.3. The maximum Gasteiger partial charge on any atom is 0.200 e. The van der Waals surface area contributed by atoms with Gasteiger partial charge >= 0.3 is 0 Å². The molecule has 0 aliphatic carbocycles. The minimum atomic E-state index is -2.16. The predicted molar refractivity (Wildman–Crippen MR) is 61.6 cm³/mol. The number of hydrogen-bond donors (Lipinski definition) is 0. The highest BCUT2D eigenvalue weighted by Crippen LogP contribution is 2.24. The van der Waals surface area contributed by atoms with Gasteiger partial charge in [-0.3, -0.25) is 0 Å². The molecule has 0 spiro atoms. The molecule has 98 valence electrons. The number of benzene rings is 2. The summed E-state index contributed by atoms with van der Waals surface area (Å²) in [5.41, 5.74) is -0.383. The van der Waals surface area contributed by atoms with Crippen molar-refractivity contribution in [1.29, 1.82) is 0 Å². The van der Waals surface area contributed by atoms with Crippen LogP contribution in [0.3, 0.4) is 0 Å². The Morgan fingerprint density at radius 2 is 1.05 bits per heavy atom. The van der Waals surface area contributed by atoms with Crippen molar-refractivity contribution in [2.24, 2.45) is 0 Å². The predicted octanol–water partition coefficient (Wildman–Crippen LogP) is 4.55. The van der Waals surface area contributed by atoms with Gasteiger partial charge in [0.1, 0.15) is 0 Å². The summed E-state index contributed by atoms with van der Waals surface area (Å²) in [6.07, 6.45) is 2.11. The zero-order valence-corrected chi connectivity index (χ0v) is 9.43. The van der Waals surface area contributed by atoms with Gasteiger partial charge in [0.15, 0.2) is 23.3 Å². The fourth-order valence-corrected chi connectivity index (χ4v) is 1.51. The van der Waals surface area contributed by atoms with Crippen molar-refractivity contribution >= 4 is 12.2 Å². The van der Waals surface area contributed by atoms with Crippen molar-refractivity contribution in [2.75, 3.05) is 0 Å². The second-order valence-electron chi connectivity index (χ2n) is 3.73. The average Bonchev–Trinajstić information content (AvgIpc) is 2.44. The average molecular weight is 270 g/mol. The monoisotopic (exact) mass is 270 g/mol. The second kappa shape index (κ2) is 5.22. The van der Waals surface area contributed by atoms with Crippen LogP contribution in [0.4, 0.5) is 22.0 Å². The molecule has 5 heteroatoms. The van der Waals surface area contributed by atoms with Crippen LogP contribution in [0.15, 0.2) is 30.3 Å². The van der Waals surface area contributed by atoms with Gasteiger partial charge in [-0.1, -0.05) is 36.4 Å². The molecule has 0 saturated carbocycles. The van der Waals surface area contributed by atoms with Gasteiger partial charge in [0.2, 0.25) is 5.82 Å². The molecule has 0 aromatic heterocycles. The van der Waals surface area contributed by atoms with E-state index in [2.05, 4.69) is 0 Å². The molecule has 2 rings (SSSR count). The van der Waals surface area contributed by atoms with E-state index in [0.717, 1.165) is 6.08 Å². The molecule has 2 aromatic carbocycles. The Morgan fingerprint density at radius 1 is 0.579 bits per heavy atom. The lowest BCUT2D eigenvalue weighted by atomic mass is 10.1. The molecule has 0 saturated heterocycles. The minimum absolute atomic E-state index is 0.575. The van der Waals surface area contributed by atoms with E-state index in [9.17, 15) is 22.0 Å². The van der Waals surface area contributed by atoms with E-state index in [0.29, 0.717) is 5.56 Å².